The molecule has 0 saturated heterocycles. The summed E-state index contributed by atoms with van der Waals surface area (Å²) >= 11 is 5.72. The number of aromatic nitrogens is 2. The number of halogens is 1. The van der Waals surface area contributed by atoms with E-state index in [-0.39, 0.29) is 5.15 Å². The van der Waals surface area contributed by atoms with Gasteiger partial charge < -0.3 is 10.4 Å². The van der Waals surface area contributed by atoms with Crippen molar-refractivity contribution in [3.05, 3.63) is 17.5 Å². The average Bonchev–Trinajstić information content (AvgIpc) is 2.16. The highest BCUT2D eigenvalue weighted by Crippen LogP contribution is 2.33. The first kappa shape index (κ1) is 13.7. The highest BCUT2D eigenvalue weighted by atomic mass is 35.5. The van der Waals surface area contributed by atoms with Gasteiger partial charge in [0.2, 0.25) is 0 Å². The van der Waals surface area contributed by atoms with Gasteiger partial charge in [0.05, 0.1) is 17.8 Å². The van der Waals surface area contributed by atoms with Crippen LogP contribution in [0.1, 0.15) is 27.7 Å². The number of rotatable bonds is 4. The molecule has 1 aromatic heterocycles. The van der Waals surface area contributed by atoms with Crippen LogP contribution in [0.3, 0.4) is 0 Å². The van der Waals surface area contributed by atoms with Crippen molar-refractivity contribution in [2.75, 3.05) is 5.32 Å². The predicted molar refractivity (Wildman–Crippen MR) is 66.2 cm³/mol. The molecule has 94 valence electrons. The number of carboxylic acid groups (broad SMARTS) is 1. The highest BCUT2D eigenvalue weighted by molar-refractivity contribution is 6.29. The first-order valence-corrected chi connectivity index (χ1v) is 5.54. The molecular formula is C11H16ClN3O2. The molecule has 0 unspecified atom stereocenters. The van der Waals surface area contributed by atoms with Gasteiger partial charge in [-0.05, 0) is 27.7 Å². The van der Waals surface area contributed by atoms with E-state index in [1.165, 1.54) is 12.4 Å². The third-order valence-corrected chi connectivity index (χ3v) is 3.32. The van der Waals surface area contributed by atoms with Gasteiger partial charge in [-0.1, -0.05) is 11.6 Å². The second kappa shape index (κ2) is 4.49. The SMILES string of the molecule is CC(C)(Nc1cncc(Cl)n1)C(C)(C)C(=O)O. The molecular weight excluding hydrogens is 242 g/mol. The summed E-state index contributed by atoms with van der Waals surface area (Å²) in [6.07, 6.45) is 2.92. The lowest BCUT2D eigenvalue weighted by molar-refractivity contribution is -0.149. The summed E-state index contributed by atoms with van der Waals surface area (Å²) in [4.78, 5) is 19.1. The molecule has 2 N–H and O–H groups in total. The summed E-state index contributed by atoms with van der Waals surface area (Å²) < 4.78 is 0. The predicted octanol–water partition coefficient (Wildman–Crippen LogP) is 2.43. The molecule has 1 heterocycles. The fraction of sp³-hybridized carbons (Fsp3) is 0.545. The lowest BCUT2D eigenvalue weighted by atomic mass is 9.74. The second-order valence-electron chi connectivity index (χ2n) is 4.91. The maximum atomic E-state index is 11.2. The van der Waals surface area contributed by atoms with E-state index in [2.05, 4.69) is 15.3 Å². The van der Waals surface area contributed by atoms with Crippen molar-refractivity contribution in [1.82, 2.24) is 9.97 Å². The van der Waals surface area contributed by atoms with Crippen LogP contribution in [0, 0.1) is 5.41 Å². The number of hydrogen-bond acceptors (Lipinski definition) is 4. The smallest absolute Gasteiger partial charge is 0.311 e. The van der Waals surface area contributed by atoms with Crippen molar-refractivity contribution in [3.8, 4) is 0 Å². The third-order valence-electron chi connectivity index (χ3n) is 3.14. The zero-order chi connectivity index (χ0) is 13.3. The Balaban J connectivity index is 2.97. The molecule has 0 spiro atoms. The number of nitrogens with zero attached hydrogens (tertiary/aromatic N) is 2. The molecule has 17 heavy (non-hydrogen) atoms. The fourth-order valence-corrected chi connectivity index (χ4v) is 1.29. The Morgan fingerprint density at radius 1 is 1.35 bits per heavy atom. The second-order valence-corrected chi connectivity index (χ2v) is 5.29. The van der Waals surface area contributed by atoms with E-state index in [9.17, 15) is 9.90 Å². The van der Waals surface area contributed by atoms with Gasteiger partial charge in [-0.25, -0.2) is 4.98 Å². The molecule has 5 nitrogen and oxygen atoms in total. The maximum absolute atomic E-state index is 11.2. The molecule has 0 atom stereocenters. The van der Waals surface area contributed by atoms with E-state index in [0.29, 0.717) is 5.82 Å². The molecule has 0 fully saturated rings. The van der Waals surface area contributed by atoms with Gasteiger partial charge in [0.15, 0.2) is 0 Å². The van der Waals surface area contributed by atoms with Crippen molar-refractivity contribution in [1.29, 1.82) is 0 Å². The summed E-state index contributed by atoms with van der Waals surface area (Å²) in [6.45, 7) is 6.90. The molecule has 1 aromatic rings. The number of carboxylic acids is 1. The Morgan fingerprint density at radius 3 is 2.41 bits per heavy atom. The minimum absolute atomic E-state index is 0.263. The lowest BCUT2D eigenvalue weighted by Gasteiger charge is -2.39. The average molecular weight is 258 g/mol. The lowest BCUT2D eigenvalue weighted by Crippen LogP contribution is -2.50. The molecule has 0 saturated carbocycles. The first-order chi connectivity index (χ1) is 7.67. The molecule has 1 rings (SSSR count). The van der Waals surface area contributed by atoms with Crippen LogP contribution in [0.15, 0.2) is 12.4 Å². The first-order valence-electron chi connectivity index (χ1n) is 5.16. The number of nitrogens with one attached hydrogen (secondary N) is 1. The van der Waals surface area contributed by atoms with E-state index >= 15 is 0 Å². The summed E-state index contributed by atoms with van der Waals surface area (Å²) in [5.74, 6) is -0.429. The van der Waals surface area contributed by atoms with Gasteiger partial charge in [-0.2, -0.15) is 0 Å². The Labute approximate surface area is 105 Å². The molecule has 0 aromatic carbocycles. The Morgan fingerprint density at radius 2 is 1.94 bits per heavy atom. The van der Waals surface area contributed by atoms with Gasteiger partial charge in [0, 0.05) is 5.54 Å². The van der Waals surface area contributed by atoms with Crippen molar-refractivity contribution in [2.24, 2.45) is 5.41 Å². The molecule has 0 amide bonds. The molecule has 0 bridgehead atoms. The molecule has 0 aliphatic rings. The van der Waals surface area contributed by atoms with Crippen LogP contribution in [-0.2, 0) is 4.79 Å². The molecule has 6 heteroatoms. The number of anilines is 1. The normalized spacial score (nSPS) is 12.3. The Bertz CT molecular complexity index is 432. The largest absolute Gasteiger partial charge is 0.481 e. The maximum Gasteiger partial charge on any atom is 0.311 e. The van der Waals surface area contributed by atoms with Crippen LogP contribution >= 0.6 is 11.6 Å². The highest BCUT2D eigenvalue weighted by Gasteiger charge is 2.43. The van der Waals surface area contributed by atoms with Gasteiger partial charge >= 0.3 is 5.97 Å². The van der Waals surface area contributed by atoms with Crippen LogP contribution in [0.2, 0.25) is 5.15 Å². The van der Waals surface area contributed by atoms with Crippen LogP contribution < -0.4 is 5.32 Å². The summed E-state index contributed by atoms with van der Waals surface area (Å²) in [5.41, 5.74) is -1.66. The fourth-order valence-electron chi connectivity index (χ4n) is 1.15. The molecule has 0 radical (unpaired) electrons. The quantitative estimate of drug-likeness (QED) is 0.867. The zero-order valence-corrected chi connectivity index (χ0v) is 11.0. The number of carbonyl (C=O) groups is 1. The van der Waals surface area contributed by atoms with Crippen molar-refractivity contribution < 1.29 is 9.90 Å². The van der Waals surface area contributed by atoms with E-state index in [1.54, 1.807) is 27.7 Å². The standard InChI is InChI=1S/C11H16ClN3O2/c1-10(2,9(16)17)11(3,4)15-8-6-13-5-7(12)14-8/h5-6H,1-4H3,(H,14,15)(H,16,17). The summed E-state index contributed by atoms with van der Waals surface area (Å²) in [7, 11) is 0. The van der Waals surface area contributed by atoms with Gasteiger partial charge in [0.25, 0.3) is 0 Å². The number of aliphatic carboxylic acids is 1. The van der Waals surface area contributed by atoms with E-state index in [0.717, 1.165) is 0 Å². The molecule has 0 aliphatic carbocycles. The number of hydrogen-bond donors (Lipinski definition) is 2. The van der Waals surface area contributed by atoms with E-state index in [1.807, 2.05) is 0 Å². The minimum atomic E-state index is -0.961. The van der Waals surface area contributed by atoms with Crippen molar-refractivity contribution in [3.63, 3.8) is 0 Å². The summed E-state index contributed by atoms with van der Waals surface area (Å²) in [6, 6.07) is 0. The van der Waals surface area contributed by atoms with E-state index in [4.69, 9.17) is 11.6 Å². The molecule has 0 aliphatic heterocycles. The topological polar surface area (TPSA) is 75.1 Å². The van der Waals surface area contributed by atoms with Crippen molar-refractivity contribution >= 4 is 23.4 Å². The van der Waals surface area contributed by atoms with Crippen LogP contribution in [0.5, 0.6) is 0 Å². The van der Waals surface area contributed by atoms with Gasteiger partial charge in [-0.15, -0.1) is 0 Å². The minimum Gasteiger partial charge on any atom is -0.481 e. The Hall–Kier alpha value is -1.36. The summed E-state index contributed by atoms with van der Waals surface area (Å²) in [5, 5.41) is 12.5. The van der Waals surface area contributed by atoms with Crippen LogP contribution in [-0.4, -0.2) is 26.6 Å². The van der Waals surface area contributed by atoms with E-state index < -0.39 is 16.9 Å². The van der Waals surface area contributed by atoms with Crippen LogP contribution in [0.4, 0.5) is 5.82 Å². The Kier molecular flexibility index (Phi) is 3.62. The van der Waals surface area contributed by atoms with Crippen molar-refractivity contribution in [2.45, 2.75) is 33.2 Å². The zero-order valence-electron chi connectivity index (χ0n) is 10.3. The monoisotopic (exact) mass is 257 g/mol. The van der Waals surface area contributed by atoms with Crippen LogP contribution in [0.25, 0.3) is 0 Å². The van der Waals surface area contributed by atoms with Gasteiger partial charge in [-0.3, -0.25) is 9.78 Å². The van der Waals surface area contributed by atoms with Gasteiger partial charge in [0.1, 0.15) is 11.0 Å². The third kappa shape index (κ3) is 2.85.